The van der Waals surface area contributed by atoms with Crippen molar-refractivity contribution in [2.75, 3.05) is 0 Å². The summed E-state index contributed by atoms with van der Waals surface area (Å²) >= 11 is 0. The minimum atomic E-state index is -0.715. The first-order valence-electron chi connectivity index (χ1n) is 3.43. The van der Waals surface area contributed by atoms with Gasteiger partial charge in [0.15, 0.2) is 0 Å². The van der Waals surface area contributed by atoms with E-state index < -0.39 is 5.97 Å². The number of hydrogen-bond donors (Lipinski definition) is 1. The number of nitrogens with zero attached hydrogens (tertiary/aromatic N) is 1. The smallest absolute Gasteiger partial charge is 0.303 e. The minimum absolute atomic E-state index is 0.255. The van der Waals surface area contributed by atoms with Gasteiger partial charge in [-0.05, 0) is 12.3 Å². The average Bonchev–Trinajstić information content (AvgIpc) is 2.46. The summed E-state index contributed by atoms with van der Waals surface area (Å²) in [6.07, 6.45) is 3.02. The van der Waals surface area contributed by atoms with Crippen molar-refractivity contribution in [3.05, 3.63) is 0 Å². The Bertz CT molecular complexity index is 159. The summed E-state index contributed by atoms with van der Waals surface area (Å²) in [6.45, 7) is 1.94. The van der Waals surface area contributed by atoms with Crippen LogP contribution in [-0.4, -0.2) is 23.3 Å². The van der Waals surface area contributed by atoms with E-state index in [0.717, 1.165) is 6.42 Å². The summed E-state index contributed by atoms with van der Waals surface area (Å²) < 4.78 is 0. The normalized spacial score (nSPS) is 24.3. The molecular weight excluding hydrogens is 130 g/mol. The zero-order valence-electron chi connectivity index (χ0n) is 5.95. The Hall–Kier alpha value is -0.860. The van der Waals surface area contributed by atoms with E-state index >= 15 is 0 Å². The molecule has 0 aromatic rings. The molecule has 2 atom stereocenters. The van der Waals surface area contributed by atoms with Crippen LogP contribution in [0.4, 0.5) is 0 Å². The van der Waals surface area contributed by atoms with Crippen LogP contribution in [0.5, 0.6) is 0 Å². The van der Waals surface area contributed by atoms with Crippen molar-refractivity contribution in [3.63, 3.8) is 0 Å². The van der Waals surface area contributed by atoms with Crippen LogP contribution in [-0.2, 0) is 4.79 Å². The number of carbonyl (C=O) groups is 1. The number of hydrogen-bond acceptors (Lipinski definition) is 2. The highest BCUT2D eigenvalue weighted by molar-refractivity contribution is 5.77. The number of carboxylic acids is 1. The first kappa shape index (κ1) is 7.25. The van der Waals surface area contributed by atoms with Gasteiger partial charge in [-0.3, -0.25) is 9.79 Å². The van der Waals surface area contributed by atoms with Crippen molar-refractivity contribution in [2.24, 2.45) is 10.9 Å². The highest BCUT2D eigenvalue weighted by atomic mass is 16.4. The molecule has 1 aliphatic heterocycles. The standard InChI is InChI=1S/C7H11NO2/c1-5(3-7(9)10)2-6-4-8-6/h4-6H,2-3H2,1H3,(H,9,10). The Morgan fingerprint density at radius 1 is 1.90 bits per heavy atom. The Morgan fingerprint density at radius 2 is 2.50 bits per heavy atom. The summed E-state index contributed by atoms with van der Waals surface area (Å²) in [6, 6.07) is 0.356. The highest BCUT2D eigenvalue weighted by Crippen LogP contribution is 2.16. The lowest BCUT2D eigenvalue weighted by Crippen LogP contribution is -2.06. The first-order chi connectivity index (χ1) is 4.68. The second-order valence-corrected chi connectivity index (χ2v) is 2.80. The topological polar surface area (TPSA) is 49.7 Å². The van der Waals surface area contributed by atoms with Gasteiger partial charge in [0.25, 0.3) is 0 Å². The lowest BCUT2D eigenvalue weighted by atomic mass is 10.0. The van der Waals surface area contributed by atoms with Gasteiger partial charge in [-0.25, -0.2) is 0 Å². The number of rotatable bonds is 4. The van der Waals surface area contributed by atoms with Crippen LogP contribution < -0.4 is 0 Å². The van der Waals surface area contributed by atoms with Crippen LogP contribution in [0.2, 0.25) is 0 Å². The van der Waals surface area contributed by atoms with Crippen molar-refractivity contribution in [1.82, 2.24) is 0 Å². The predicted molar refractivity (Wildman–Crippen MR) is 38.3 cm³/mol. The van der Waals surface area contributed by atoms with E-state index in [1.165, 1.54) is 0 Å². The van der Waals surface area contributed by atoms with Gasteiger partial charge in [0, 0.05) is 12.6 Å². The number of aliphatic carboxylic acids is 1. The molecule has 0 spiro atoms. The fourth-order valence-electron chi connectivity index (χ4n) is 0.976. The summed E-state index contributed by atoms with van der Waals surface area (Å²) in [4.78, 5) is 14.1. The van der Waals surface area contributed by atoms with E-state index in [4.69, 9.17) is 5.11 Å². The number of aliphatic imine (C=N–C) groups is 1. The molecular formula is C7H11NO2. The van der Waals surface area contributed by atoms with Crippen LogP contribution in [0.3, 0.4) is 0 Å². The molecule has 0 aliphatic carbocycles. The molecule has 3 heteroatoms. The van der Waals surface area contributed by atoms with Crippen molar-refractivity contribution in [3.8, 4) is 0 Å². The third-order valence-electron chi connectivity index (χ3n) is 1.53. The molecule has 0 saturated heterocycles. The Labute approximate surface area is 59.8 Å². The largest absolute Gasteiger partial charge is 0.481 e. The summed E-state index contributed by atoms with van der Waals surface area (Å²) in [5.74, 6) is -0.460. The van der Waals surface area contributed by atoms with Crippen LogP contribution in [0, 0.1) is 5.92 Å². The maximum Gasteiger partial charge on any atom is 0.303 e. The second kappa shape index (κ2) is 2.82. The zero-order chi connectivity index (χ0) is 7.56. The predicted octanol–water partition coefficient (Wildman–Crippen LogP) is 0.940. The zero-order valence-corrected chi connectivity index (χ0v) is 5.95. The molecule has 1 aliphatic rings. The summed E-state index contributed by atoms with van der Waals surface area (Å²) in [5, 5.41) is 8.38. The molecule has 1 rings (SSSR count). The van der Waals surface area contributed by atoms with Gasteiger partial charge < -0.3 is 5.11 Å². The minimum Gasteiger partial charge on any atom is -0.481 e. The lowest BCUT2D eigenvalue weighted by Gasteiger charge is -2.04. The van der Waals surface area contributed by atoms with Gasteiger partial charge in [-0.1, -0.05) is 6.92 Å². The van der Waals surface area contributed by atoms with Crippen LogP contribution in [0.15, 0.2) is 4.99 Å². The monoisotopic (exact) mass is 141 g/mol. The second-order valence-electron chi connectivity index (χ2n) is 2.80. The van der Waals surface area contributed by atoms with Gasteiger partial charge in [-0.15, -0.1) is 0 Å². The van der Waals surface area contributed by atoms with Crippen LogP contribution in [0.25, 0.3) is 0 Å². The SMILES string of the molecule is CC(CC(=O)O)CC1C=N1. The molecule has 0 bridgehead atoms. The maximum atomic E-state index is 10.2. The molecule has 0 amide bonds. The quantitative estimate of drug-likeness (QED) is 0.633. The molecule has 3 nitrogen and oxygen atoms in total. The summed E-state index contributed by atoms with van der Waals surface area (Å²) in [5.41, 5.74) is 0. The molecule has 0 fully saturated rings. The fraction of sp³-hybridized carbons (Fsp3) is 0.714. The van der Waals surface area contributed by atoms with E-state index in [1.807, 2.05) is 13.1 Å². The van der Waals surface area contributed by atoms with Gasteiger partial charge in [-0.2, -0.15) is 0 Å². The van der Waals surface area contributed by atoms with Crippen molar-refractivity contribution in [1.29, 1.82) is 0 Å². The Kier molecular flexibility index (Phi) is 2.04. The fourth-order valence-corrected chi connectivity index (χ4v) is 0.976. The van der Waals surface area contributed by atoms with E-state index in [9.17, 15) is 4.79 Å². The van der Waals surface area contributed by atoms with E-state index in [1.54, 1.807) is 0 Å². The number of carboxylic acid groups (broad SMARTS) is 1. The van der Waals surface area contributed by atoms with Crippen LogP contribution >= 0.6 is 0 Å². The molecule has 1 N–H and O–H groups in total. The Morgan fingerprint density at radius 3 is 2.90 bits per heavy atom. The average molecular weight is 141 g/mol. The molecule has 0 saturated carbocycles. The van der Waals surface area contributed by atoms with Crippen LogP contribution in [0.1, 0.15) is 19.8 Å². The third-order valence-corrected chi connectivity index (χ3v) is 1.53. The van der Waals surface area contributed by atoms with Crippen molar-refractivity contribution >= 4 is 12.2 Å². The van der Waals surface area contributed by atoms with E-state index in [2.05, 4.69) is 4.99 Å². The van der Waals surface area contributed by atoms with Gasteiger partial charge in [0.1, 0.15) is 0 Å². The molecule has 1 heterocycles. The van der Waals surface area contributed by atoms with Gasteiger partial charge in [0.2, 0.25) is 0 Å². The molecule has 0 aromatic carbocycles. The summed E-state index contributed by atoms with van der Waals surface area (Å²) in [7, 11) is 0. The molecule has 10 heavy (non-hydrogen) atoms. The van der Waals surface area contributed by atoms with Gasteiger partial charge >= 0.3 is 5.97 Å². The molecule has 2 unspecified atom stereocenters. The molecule has 0 aromatic heterocycles. The van der Waals surface area contributed by atoms with E-state index in [-0.39, 0.29) is 12.3 Å². The molecule has 56 valence electrons. The third kappa shape index (κ3) is 2.62. The van der Waals surface area contributed by atoms with Gasteiger partial charge in [0.05, 0.1) is 6.04 Å². The van der Waals surface area contributed by atoms with E-state index in [0.29, 0.717) is 6.04 Å². The molecule has 0 radical (unpaired) electrons. The lowest BCUT2D eigenvalue weighted by molar-refractivity contribution is -0.138. The van der Waals surface area contributed by atoms with Crippen molar-refractivity contribution < 1.29 is 9.90 Å². The Balaban J connectivity index is 2.08. The maximum absolute atomic E-state index is 10.2. The van der Waals surface area contributed by atoms with Crippen molar-refractivity contribution in [2.45, 2.75) is 25.8 Å². The highest BCUT2D eigenvalue weighted by Gasteiger charge is 2.18. The first-order valence-corrected chi connectivity index (χ1v) is 3.43.